The Morgan fingerprint density at radius 1 is 1.40 bits per heavy atom. The van der Waals surface area contributed by atoms with Crippen molar-refractivity contribution >= 4 is 16.5 Å². The summed E-state index contributed by atoms with van der Waals surface area (Å²) in [5, 5.41) is 5.87. The normalized spacial score (nSPS) is 11.9. The van der Waals surface area contributed by atoms with Crippen LogP contribution in [-0.4, -0.2) is 15.2 Å². The van der Waals surface area contributed by atoms with Crippen LogP contribution in [0.2, 0.25) is 0 Å². The van der Waals surface area contributed by atoms with Crippen LogP contribution in [-0.2, 0) is 6.18 Å². The Kier molecular flexibility index (Phi) is 2.14. The van der Waals surface area contributed by atoms with Gasteiger partial charge in [0.25, 0.3) is 0 Å². The van der Waals surface area contributed by atoms with Crippen molar-refractivity contribution in [2.75, 3.05) is 5.73 Å². The Morgan fingerprint density at radius 3 is 2.67 bits per heavy atom. The molecule has 0 radical (unpaired) electrons. The first-order valence-corrected chi connectivity index (χ1v) is 4.63. The van der Waals surface area contributed by atoms with Crippen molar-refractivity contribution in [3.05, 3.63) is 17.3 Å². The van der Waals surface area contributed by atoms with Gasteiger partial charge in [0.1, 0.15) is 4.88 Å². The highest BCUT2D eigenvalue weighted by molar-refractivity contribution is 7.15. The van der Waals surface area contributed by atoms with Crippen molar-refractivity contribution < 1.29 is 13.2 Å². The van der Waals surface area contributed by atoms with Crippen LogP contribution in [0.4, 0.5) is 18.3 Å². The van der Waals surface area contributed by atoms with E-state index < -0.39 is 11.1 Å². The molecule has 2 aromatic rings. The number of nitrogens with one attached hydrogen (secondary N) is 1. The van der Waals surface area contributed by atoms with Gasteiger partial charge < -0.3 is 5.73 Å². The smallest absolute Gasteiger partial charge is 0.375 e. The summed E-state index contributed by atoms with van der Waals surface area (Å²) in [6, 6.07) is 0. The molecule has 0 aliphatic carbocycles. The average Bonchev–Trinajstić information content (AvgIpc) is 2.68. The third-order valence-corrected chi connectivity index (χ3v) is 2.60. The fourth-order valence-electron chi connectivity index (χ4n) is 1.10. The first-order chi connectivity index (χ1) is 6.98. The molecule has 0 bridgehead atoms. The van der Waals surface area contributed by atoms with E-state index in [0.717, 1.165) is 0 Å². The van der Waals surface area contributed by atoms with Gasteiger partial charge in [-0.05, 0) is 0 Å². The SMILES string of the molecule is Nc1nc(-c2cn[nH]c2)c(C(F)(F)F)s1. The molecule has 0 aliphatic heterocycles. The standard InChI is InChI=1S/C7H5F3N4S/c8-7(9,10)5-4(14-6(11)15-5)3-1-12-13-2-3/h1-2H,(H2,11,14)(H,12,13). The van der Waals surface area contributed by atoms with Crippen LogP contribution < -0.4 is 5.73 Å². The van der Waals surface area contributed by atoms with Gasteiger partial charge in [-0.25, -0.2) is 4.98 Å². The molecule has 0 spiro atoms. The number of anilines is 1. The fraction of sp³-hybridized carbons (Fsp3) is 0.143. The number of hydrogen-bond donors (Lipinski definition) is 2. The minimum atomic E-state index is -4.44. The van der Waals surface area contributed by atoms with E-state index in [2.05, 4.69) is 15.2 Å². The molecule has 2 aromatic heterocycles. The molecule has 0 fully saturated rings. The van der Waals surface area contributed by atoms with Gasteiger partial charge in [-0.3, -0.25) is 5.10 Å². The molecule has 0 amide bonds. The van der Waals surface area contributed by atoms with Crippen LogP contribution in [0, 0.1) is 0 Å². The van der Waals surface area contributed by atoms with Crippen LogP contribution in [0.5, 0.6) is 0 Å². The summed E-state index contributed by atoms with van der Waals surface area (Å²) in [6.07, 6.45) is -1.84. The number of nitrogens with two attached hydrogens (primary N) is 1. The molecule has 4 nitrogen and oxygen atoms in total. The molecular formula is C7H5F3N4S. The lowest BCUT2D eigenvalue weighted by molar-refractivity contribution is -0.134. The molecule has 0 aliphatic rings. The lowest BCUT2D eigenvalue weighted by Crippen LogP contribution is -2.03. The molecule has 0 atom stereocenters. The van der Waals surface area contributed by atoms with Gasteiger partial charge in [-0.15, -0.1) is 0 Å². The first-order valence-electron chi connectivity index (χ1n) is 3.81. The number of nitrogens with zero attached hydrogens (tertiary/aromatic N) is 2. The van der Waals surface area contributed by atoms with E-state index in [0.29, 0.717) is 11.3 Å². The maximum atomic E-state index is 12.5. The van der Waals surface area contributed by atoms with Crippen molar-refractivity contribution in [3.63, 3.8) is 0 Å². The summed E-state index contributed by atoms with van der Waals surface area (Å²) in [5.74, 6) is 0. The van der Waals surface area contributed by atoms with Crippen molar-refractivity contribution in [3.8, 4) is 11.3 Å². The second-order valence-electron chi connectivity index (χ2n) is 2.71. The maximum Gasteiger partial charge on any atom is 0.427 e. The summed E-state index contributed by atoms with van der Waals surface area (Å²) in [4.78, 5) is 2.83. The number of nitrogen functional groups attached to an aromatic ring is 1. The number of hydrogen-bond acceptors (Lipinski definition) is 4. The summed E-state index contributed by atoms with van der Waals surface area (Å²) in [5.41, 5.74) is 5.35. The molecule has 0 unspecified atom stereocenters. The third kappa shape index (κ3) is 1.80. The molecular weight excluding hydrogens is 229 g/mol. The monoisotopic (exact) mass is 234 g/mol. The van der Waals surface area contributed by atoms with E-state index in [1.807, 2.05) is 0 Å². The molecule has 3 N–H and O–H groups in total. The number of alkyl halides is 3. The van der Waals surface area contributed by atoms with E-state index in [1.165, 1.54) is 12.4 Å². The minimum absolute atomic E-state index is 0.112. The predicted molar refractivity (Wildman–Crippen MR) is 49.1 cm³/mol. The van der Waals surface area contributed by atoms with Gasteiger partial charge in [0, 0.05) is 11.8 Å². The molecule has 15 heavy (non-hydrogen) atoms. The van der Waals surface area contributed by atoms with Gasteiger partial charge in [0.15, 0.2) is 5.13 Å². The summed E-state index contributed by atoms with van der Waals surface area (Å²) in [6.45, 7) is 0. The van der Waals surface area contributed by atoms with Crippen molar-refractivity contribution in [1.29, 1.82) is 0 Å². The van der Waals surface area contributed by atoms with E-state index in [4.69, 9.17) is 5.73 Å². The maximum absolute atomic E-state index is 12.5. The van der Waals surface area contributed by atoms with Gasteiger partial charge in [-0.1, -0.05) is 11.3 Å². The average molecular weight is 234 g/mol. The number of rotatable bonds is 1. The zero-order valence-corrected chi connectivity index (χ0v) is 7.99. The van der Waals surface area contributed by atoms with Gasteiger partial charge >= 0.3 is 6.18 Å². The summed E-state index contributed by atoms with van der Waals surface area (Å²) < 4.78 is 37.6. The third-order valence-electron chi connectivity index (χ3n) is 1.67. The number of halogens is 3. The van der Waals surface area contributed by atoms with Crippen LogP contribution in [0.15, 0.2) is 12.4 Å². The Morgan fingerprint density at radius 2 is 2.13 bits per heavy atom. The van der Waals surface area contributed by atoms with Gasteiger partial charge in [-0.2, -0.15) is 18.3 Å². The van der Waals surface area contributed by atoms with E-state index >= 15 is 0 Å². The van der Waals surface area contributed by atoms with Crippen LogP contribution in [0.1, 0.15) is 4.88 Å². The highest BCUT2D eigenvalue weighted by atomic mass is 32.1. The molecule has 80 valence electrons. The highest BCUT2D eigenvalue weighted by Crippen LogP contribution is 2.41. The van der Waals surface area contributed by atoms with E-state index in [1.54, 1.807) is 0 Å². The molecule has 2 rings (SSSR count). The lowest BCUT2D eigenvalue weighted by atomic mass is 10.2. The quantitative estimate of drug-likeness (QED) is 0.794. The van der Waals surface area contributed by atoms with Crippen LogP contribution in [0.3, 0.4) is 0 Å². The first kappa shape index (κ1) is 9.97. The van der Waals surface area contributed by atoms with E-state index in [9.17, 15) is 13.2 Å². The van der Waals surface area contributed by atoms with Crippen LogP contribution >= 0.6 is 11.3 Å². The number of aromatic nitrogens is 3. The second kappa shape index (κ2) is 3.23. The Labute approximate surface area is 85.9 Å². The lowest BCUT2D eigenvalue weighted by Gasteiger charge is -2.03. The Balaban J connectivity index is 2.57. The van der Waals surface area contributed by atoms with Crippen molar-refractivity contribution in [1.82, 2.24) is 15.2 Å². The zero-order valence-electron chi connectivity index (χ0n) is 7.17. The Hall–Kier alpha value is -1.57. The molecule has 2 heterocycles. The molecule has 0 aromatic carbocycles. The van der Waals surface area contributed by atoms with Gasteiger partial charge in [0.05, 0.1) is 11.9 Å². The number of aromatic amines is 1. The van der Waals surface area contributed by atoms with Crippen molar-refractivity contribution in [2.45, 2.75) is 6.18 Å². The summed E-state index contributed by atoms with van der Waals surface area (Å²) in [7, 11) is 0. The summed E-state index contributed by atoms with van der Waals surface area (Å²) >= 11 is 0.420. The second-order valence-corrected chi connectivity index (χ2v) is 3.75. The molecule has 0 saturated heterocycles. The predicted octanol–water partition coefficient (Wildman–Crippen LogP) is 2.13. The highest BCUT2D eigenvalue weighted by Gasteiger charge is 2.37. The largest absolute Gasteiger partial charge is 0.427 e. The van der Waals surface area contributed by atoms with Crippen LogP contribution in [0.25, 0.3) is 11.3 Å². The molecule has 8 heteroatoms. The van der Waals surface area contributed by atoms with Gasteiger partial charge in [0.2, 0.25) is 0 Å². The Bertz CT molecular complexity index is 459. The zero-order chi connectivity index (χ0) is 11.1. The number of thiazole rings is 1. The van der Waals surface area contributed by atoms with Crippen molar-refractivity contribution in [2.24, 2.45) is 0 Å². The fourth-order valence-corrected chi connectivity index (χ4v) is 1.83. The topological polar surface area (TPSA) is 67.6 Å². The minimum Gasteiger partial charge on any atom is -0.375 e. The number of H-pyrrole nitrogens is 1. The van der Waals surface area contributed by atoms with E-state index in [-0.39, 0.29) is 16.4 Å². The molecule has 0 saturated carbocycles.